The predicted molar refractivity (Wildman–Crippen MR) is 65.4 cm³/mol. The number of hydrogen-bond donors (Lipinski definition) is 1. The quantitative estimate of drug-likeness (QED) is 0.736. The van der Waals surface area contributed by atoms with Gasteiger partial charge in [0.25, 0.3) is 0 Å². The zero-order chi connectivity index (χ0) is 12.1. The van der Waals surface area contributed by atoms with E-state index in [0.717, 1.165) is 12.3 Å². The molecule has 0 aliphatic heterocycles. The van der Waals surface area contributed by atoms with Gasteiger partial charge < -0.3 is 19.5 Å². The molecule has 1 fully saturated rings. The lowest BCUT2D eigenvalue weighted by Gasteiger charge is -2.11. The van der Waals surface area contributed by atoms with Crippen LogP contribution in [0.1, 0.15) is 18.4 Å². The first kappa shape index (κ1) is 12.2. The van der Waals surface area contributed by atoms with Crippen molar-refractivity contribution in [3.63, 3.8) is 0 Å². The van der Waals surface area contributed by atoms with Crippen LogP contribution in [0.25, 0.3) is 0 Å². The van der Waals surface area contributed by atoms with Crippen LogP contribution in [0.15, 0.2) is 18.2 Å². The third-order valence-electron chi connectivity index (χ3n) is 2.73. The maximum Gasteiger partial charge on any atom is 0.188 e. The van der Waals surface area contributed by atoms with Crippen LogP contribution in [-0.2, 0) is 11.3 Å². The van der Waals surface area contributed by atoms with Crippen LogP contribution >= 0.6 is 0 Å². The summed E-state index contributed by atoms with van der Waals surface area (Å²) in [6.07, 6.45) is 2.60. The zero-order valence-corrected chi connectivity index (χ0v) is 10.4. The molecule has 1 aromatic rings. The maximum atomic E-state index is 5.40. The third kappa shape index (κ3) is 3.61. The Labute approximate surface area is 102 Å². The topological polar surface area (TPSA) is 39.7 Å². The summed E-state index contributed by atoms with van der Waals surface area (Å²) in [6, 6.07) is 6.68. The number of ether oxygens (including phenoxy) is 3. The number of benzene rings is 1. The minimum Gasteiger partial charge on any atom is -0.493 e. The number of rotatable bonds is 7. The van der Waals surface area contributed by atoms with Gasteiger partial charge in [-0.25, -0.2) is 0 Å². The lowest BCUT2D eigenvalue weighted by atomic mass is 10.2. The molecule has 0 saturated heterocycles. The van der Waals surface area contributed by atoms with Gasteiger partial charge in [-0.15, -0.1) is 0 Å². The first-order valence-corrected chi connectivity index (χ1v) is 5.85. The summed E-state index contributed by atoms with van der Waals surface area (Å²) in [6.45, 7) is 1.11. The first-order chi connectivity index (χ1) is 8.33. The van der Waals surface area contributed by atoms with Gasteiger partial charge in [-0.2, -0.15) is 0 Å². The fourth-order valence-electron chi connectivity index (χ4n) is 1.61. The molecule has 1 N–H and O–H groups in total. The molecule has 0 atom stereocenters. The van der Waals surface area contributed by atoms with Gasteiger partial charge in [0.1, 0.15) is 0 Å². The Kier molecular flexibility index (Phi) is 4.23. The van der Waals surface area contributed by atoms with Crippen molar-refractivity contribution in [3.8, 4) is 11.5 Å². The highest BCUT2D eigenvalue weighted by atomic mass is 16.7. The van der Waals surface area contributed by atoms with Crippen LogP contribution < -0.4 is 14.8 Å². The van der Waals surface area contributed by atoms with Gasteiger partial charge in [0.15, 0.2) is 18.3 Å². The van der Waals surface area contributed by atoms with Crippen molar-refractivity contribution in [1.29, 1.82) is 0 Å². The van der Waals surface area contributed by atoms with Gasteiger partial charge in [-0.1, -0.05) is 6.07 Å². The number of methoxy groups -OCH3 is 2. The minimum absolute atomic E-state index is 0.232. The summed E-state index contributed by atoms with van der Waals surface area (Å²) in [5.41, 5.74) is 1.21. The third-order valence-corrected chi connectivity index (χ3v) is 2.73. The Balaban J connectivity index is 1.98. The molecule has 0 amide bonds. The van der Waals surface area contributed by atoms with Gasteiger partial charge in [0.05, 0.1) is 7.11 Å². The fourth-order valence-corrected chi connectivity index (χ4v) is 1.61. The second kappa shape index (κ2) is 5.89. The molecule has 0 spiro atoms. The average Bonchev–Trinajstić information content (AvgIpc) is 3.18. The fraction of sp³-hybridized carbons (Fsp3) is 0.538. The Morgan fingerprint density at radius 2 is 2.06 bits per heavy atom. The van der Waals surface area contributed by atoms with E-state index in [2.05, 4.69) is 5.32 Å². The van der Waals surface area contributed by atoms with E-state index < -0.39 is 0 Å². The van der Waals surface area contributed by atoms with Gasteiger partial charge in [0, 0.05) is 19.7 Å². The molecule has 0 unspecified atom stereocenters. The van der Waals surface area contributed by atoms with E-state index in [9.17, 15) is 0 Å². The summed E-state index contributed by atoms with van der Waals surface area (Å²) in [4.78, 5) is 0. The second-order valence-electron chi connectivity index (χ2n) is 4.19. The molecule has 0 bridgehead atoms. The van der Waals surface area contributed by atoms with Crippen LogP contribution in [0.3, 0.4) is 0 Å². The van der Waals surface area contributed by atoms with Crippen LogP contribution in [0.4, 0.5) is 0 Å². The molecule has 94 valence electrons. The molecule has 0 heterocycles. The molecule has 0 aromatic heterocycles. The van der Waals surface area contributed by atoms with Crippen molar-refractivity contribution < 1.29 is 14.2 Å². The summed E-state index contributed by atoms with van der Waals surface area (Å²) in [5, 5.41) is 3.47. The van der Waals surface area contributed by atoms with E-state index in [1.807, 2.05) is 18.2 Å². The molecule has 2 rings (SSSR count). The Bertz CT molecular complexity index is 364. The van der Waals surface area contributed by atoms with Crippen LogP contribution in [0.5, 0.6) is 11.5 Å². The molecule has 4 nitrogen and oxygen atoms in total. The van der Waals surface area contributed by atoms with E-state index >= 15 is 0 Å². The molecular formula is C13H19NO3. The summed E-state index contributed by atoms with van der Waals surface area (Å²) in [7, 11) is 3.24. The van der Waals surface area contributed by atoms with Crippen molar-refractivity contribution in [3.05, 3.63) is 23.8 Å². The van der Waals surface area contributed by atoms with E-state index in [0.29, 0.717) is 11.8 Å². The molecule has 1 saturated carbocycles. The lowest BCUT2D eigenvalue weighted by molar-refractivity contribution is 0.0491. The average molecular weight is 237 g/mol. The first-order valence-electron chi connectivity index (χ1n) is 5.85. The molecular weight excluding hydrogens is 218 g/mol. The second-order valence-corrected chi connectivity index (χ2v) is 4.19. The van der Waals surface area contributed by atoms with Crippen molar-refractivity contribution in [2.75, 3.05) is 21.0 Å². The van der Waals surface area contributed by atoms with Gasteiger partial charge in [-0.05, 0) is 30.5 Å². The summed E-state index contributed by atoms with van der Waals surface area (Å²) < 4.78 is 15.6. The number of nitrogens with one attached hydrogen (secondary N) is 1. The SMILES string of the molecule is COCOc1ccc(CNC2CC2)cc1OC. The lowest BCUT2D eigenvalue weighted by Crippen LogP contribution is -2.15. The number of hydrogen-bond acceptors (Lipinski definition) is 4. The van der Waals surface area contributed by atoms with Crippen LogP contribution in [0.2, 0.25) is 0 Å². The highest BCUT2D eigenvalue weighted by Gasteiger charge is 2.20. The molecule has 1 aliphatic carbocycles. The normalized spacial score (nSPS) is 14.7. The minimum atomic E-state index is 0.232. The Morgan fingerprint density at radius 3 is 2.71 bits per heavy atom. The van der Waals surface area contributed by atoms with Crippen LogP contribution in [-0.4, -0.2) is 27.1 Å². The predicted octanol–water partition coefficient (Wildman–Crippen LogP) is 1.93. The van der Waals surface area contributed by atoms with Crippen molar-refractivity contribution in [1.82, 2.24) is 5.32 Å². The monoisotopic (exact) mass is 237 g/mol. The molecule has 17 heavy (non-hydrogen) atoms. The highest BCUT2D eigenvalue weighted by Crippen LogP contribution is 2.28. The molecule has 0 radical (unpaired) electrons. The Hall–Kier alpha value is -1.26. The van der Waals surface area contributed by atoms with Crippen molar-refractivity contribution in [2.24, 2.45) is 0 Å². The van der Waals surface area contributed by atoms with E-state index in [1.54, 1.807) is 14.2 Å². The van der Waals surface area contributed by atoms with Crippen molar-refractivity contribution >= 4 is 0 Å². The largest absolute Gasteiger partial charge is 0.493 e. The Morgan fingerprint density at radius 1 is 1.24 bits per heavy atom. The molecule has 1 aromatic carbocycles. The smallest absolute Gasteiger partial charge is 0.188 e. The molecule has 4 heteroatoms. The molecule has 1 aliphatic rings. The van der Waals surface area contributed by atoms with Crippen molar-refractivity contribution in [2.45, 2.75) is 25.4 Å². The maximum absolute atomic E-state index is 5.40. The van der Waals surface area contributed by atoms with Crippen LogP contribution in [0, 0.1) is 0 Å². The standard InChI is InChI=1S/C13H19NO3/c1-15-9-17-12-6-3-10(7-13(12)16-2)8-14-11-4-5-11/h3,6-7,11,14H,4-5,8-9H2,1-2H3. The highest BCUT2D eigenvalue weighted by molar-refractivity contribution is 5.42. The van der Waals surface area contributed by atoms with Gasteiger partial charge in [-0.3, -0.25) is 0 Å². The summed E-state index contributed by atoms with van der Waals surface area (Å²) in [5.74, 6) is 1.46. The van der Waals surface area contributed by atoms with Gasteiger partial charge in [0.2, 0.25) is 0 Å². The van der Waals surface area contributed by atoms with E-state index in [-0.39, 0.29) is 6.79 Å². The summed E-state index contributed by atoms with van der Waals surface area (Å²) >= 11 is 0. The van der Waals surface area contributed by atoms with E-state index in [4.69, 9.17) is 14.2 Å². The zero-order valence-electron chi connectivity index (χ0n) is 10.4. The van der Waals surface area contributed by atoms with E-state index in [1.165, 1.54) is 18.4 Å². The van der Waals surface area contributed by atoms with Gasteiger partial charge >= 0.3 is 0 Å².